The molecule has 0 saturated carbocycles. The fraction of sp³-hybridized carbons (Fsp3) is 0.167. The van der Waals surface area contributed by atoms with Gasteiger partial charge in [0.1, 0.15) is 0 Å². The summed E-state index contributed by atoms with van der Waals surface area (Å²) in [6, 6.07) is 12.0. The van der Waals surface area contributed by atoms with Crippen LogP contribution in [0.15, 0.2) is 78.1 Å². The predicted molar refractivity (Wildman–Crippen MR) is 131 cm³/mol. The Labute approximate surface area is 193 Å². The molecule has 0 bridgehead atoms. The number of aromatic nitrogens is 1. The van der Waals surface area contributed by atoms with Gasteiger partial charge in [-0.1, -0.05) is 35.9 Å². The number of nitrogens with zero attached hydrogens (tertiary/aromatic N) is 2. The summed E-state index contributed by atoms with van der Waals surface area (Å²) >= 11 is 1.34. The van der Waals surface area contributed by atoms with Gasteiger partial charge >= 0.3 is 0 Å². The Balaban J connectivity index is 1.75. The molecule has 0 aliphatic heterocycles. The van der Waals surface area contributed by atoms with E-state index in [0.29, 0.717) is 10.7 Å². The molecule has 0 unspecified atom stereocenters. The maximum absolute atomic E-state index is 12.8. The summed E-state index contributed by atoms with van der Waals surface area (Å²) in [5, 5.41) is 5.16. The maximum Gasteiger partial charge on any atom is 0.257 e. The third-order valence-corrected chi connectivity index (χ3v) is 7.41. The Morgan fingerprint density at radius 3 is 2.34 bits per heavy atom. The van der Waals surface area contributed by atoms with Gasteiger partial charge in [-0.15, -0.1) is 24.5 Å². The van der Waals surface area contributed by atoms with Crippen molar-refractivity contribution in [2.24, 2.45) is 0 Å². The summed E-state index contributed by atoms with van der Waals surface area (Å²) < 4.78 is 26.8. The largest absolute Gasteiger partial charge is 0.298 e. The Hall–Kier alpha value is -3.07. The molecule has 0 aliphatic rings. The normalized spacial score (nSPS) is 11.3. The van der Waals surface area contributed by atoms with Crippen molar-refractivity contribution >= 4 is 32.4 Å². The van der Waals surface area contributed by atoms with Crippen LogP contribution in [-0.4, -0.2) is 36.7 Å². The number of nitrogens with one attached hydrogen (secondary N) is 1. The smallest absolute Gasteiger partial charge is 0.257 e. The maximum atomic E-state index is 12.8. The molecule has 3 rings (SSSR count). The zero-order valence-electron chi connectivity index (χ0n) is 18.0. The number of sulfonamides is 1. The van der Waals surface area contributed by atoms with Gasteiger partial charge < -0.3 is 0 Å². The molecule has 2 aromatic carbocycles. The van der Waals surface area contributed by atoms with Crippen LogP contribution < -0.4 is 5.32 Å². The Kier molecular flexibility index (Phi) is 7.40. The highest BCUT2D eigenvalue weighted by Crippen LogP contribution is 2.28. The van der Waals surface area contributed by atoms with Crippen LogP contribution in [0.5, 0.6) is 0 Å². The van der Waals surface area contributed by atoms with Crippen LogP contribution in [0, 0.1) is 13.8 Å². The third-order valence-electron chi connectivity index (χ3n) is 4.80. The van der Waals surface area contributed by atoms with Gasteiger partial charge in [0.25, 0.3) is 5.91 Å². The summed E-state index contributed by atoms with van der Waals surface area (Å²) in [5.41, 5.74) is 4.45. The van der Waals surface area contributed by atoms with Gasteiger partial charge in [0.2, 0.25) is 10.0 Å². The number of hydrogen-bond donors (Lipinski definition) is 1. The molecule has 1 heterocycles. The van der Waals surface area contributed by atoms with Gasteiger partial charge in [0.15, 0.2) is 5.13 Å². The van der Waals surface area contributed by atoms with Crippen molar-refractivity contribution in [3.05, 3.63) is 89.8 Å². The minimum atomic E-state index is -3.71. The van der Waals surface area contributed by atoms with E-state index >= 15 is 0 Å². The first-order chi connectivity index (χ1) is 15.3. The van der Waals surface area contributed by atoms with E-state index < -0.39 is 10.0 Å². The topological polar surface area (TPSA) is 79.4 Å². The van der Waals surface area contributed by atoms with E-state index in [4.69, 9.17) is 0 Å². The summed E-state index contributed by atoms with van der Waals surface area (Å²) in [6.07, 6.45) is 3.03. The first-order valence-corrected chi connectivity index (χ1v) is 12.2. The molecule has 6 nitrogen and oxygen atoms in total. The van der Waals surface area contributed by atoms with Crippen molar-refractivity contribution in [3.63, 3.8) is 0 Å². The second kappa shape index (κ2) is 10.0. The molecule has 8 heteroatoms. The molecule has 1 N–H and O–H groups in total. The Morgan fingerprint density at radius 1 is 1.09 bits per heavy atom. The van der Waals surface area contributed by atoms with Crippen molar-refractivity contribution in [1.29, 1.82) is 0 Å². The lowest BCUT2D eigenvalue weighted by Gasteiger charge is -2.19. The second-order valence-electron chi connectivity index (χ2n) is 7.23. The van der Waals surface area contributed by atoms with Crippen LogP contribution in [0.1, 0.15) is 21.5 Å². The van der Waals surface area contributed by atoms with Crippen LogP contribution >= 0.6 is 11.3 Å². The van der Waals surface area contributed by atoms with Gasteiger partial charge in [-0.2, -0.15) is 4.31 Å². The lowest BCUT2D eigenvalue weighted by Crippen LogP contribution is -2.31. The highest BCUT2D eigenvalue weighted by Gasteiger charge is 2.22. The van der Waals surface area contributed by atoms with Crippen molar-refractivity contribution in [1.82, 2.24) is 9.29 Å². The molecule has 166 valence electrons. The van der Waals surface area contributed by atoms with E-state index in [2.05, 4.69) is 29.5 Å². The summed E-state index contributed by atoms with van der Waals surface area (Å²) in [5.74, 6) is -0.357. The van der Waals surface area contributed by atoms with Crippen LogP contribution in [0.2, 0.25) is 0 Å². The molecule has 0 aliphatic carbocycles. The van der Waals surface area contributed by atoms with Crippen molar-refractivity contribution in [3.8, 4) is 11.3 Å². The highest BCUT2D eigenvalue weighted by molar-refractivity contribution is 7.89. The van der Waals surface area contributed by atoms with Crippen molar-refractivity contribution in [2.75, 3.05) is 18.4 Å². The molecule has 1 aromatic heterocycles. The van der Waals surface area contributed by atoms with E-state index in [1.807, 2.05) is 31.4 Å². The monoisotopic (exact) mass is 467 g/mol. The molecule has 0 spiro atoms. The molecule has 32 heavy (non-hydrogen) atoms. The predicted octanol–water partition coefficient (Wildman–Crippen LogP) is 5.04. The molecular weight excluding hydrogens is 442 g/mol. The summed E-state index contributed by atoms with van der Waals surface area (Å²) in [6.45, 7) is 11.6. The van der Waals surface area contributed by atoms with Crippen LogP contribution in [-0.2, 0) is 10.0 Å². The van der Waals surface area contributed by atoms with Crippen LogP contribution in [0.4, 0.5) is 5.13 Å². The minimum Gasteiger partial charge on any atom is -0.298 e. The Bertz CT molecular complexity index is 1240. The number of anilines is 1. The Morgan fingerprint density at radius 2 is 1.75 bits per heavy atom. The average Bonchev–Trinajstić information content (AvgIpc) is 3.21. The van der Waals surface area contributed by atoms with Crippen molar-refractivity contribution < 1.29 is 13.2 Å². The first kappa shape index (κ1) is 23.6. The quantitative estimate of drug-likeness (QED) is 0.447. The SMILES string of the molecule is C=CCN(CC=C)S(=O)(=O)c1ccc(C(=O)Nc2nc(-c3ccc(C)cc3C)cs2)cc1. The zero-order valence-corrected chi connectivity index (χ0v) is 19.7. The third kappa shape index (κ3) is 5.21. The molecule has 0 radical (unpaired) electrons. The van der Waals surface area contributed by atoms with Gasteiger partial charge in [-0.25, -0.2) is 13.4 Å². The van der Waals surface area contributed by atoms with Crippen LogP contribution in [0.25, 0.3) is 11.3 Å². The zero-order chi connectivity index (χ0) is 23.3. The molecular formula is C24H25N3O3S2. The lowest BCUT2D eigenvalue weighted by atomic mass is 10.0. The van der Waals surface area contributed by atoms with E-state index in [1.165, 1.54) is 57.6 Å². The lowest BCUT2D eigenvalue weighted by molar-refractivity contribution is 0.102. The number of aryl methyl sites for hydroxylation is 2. The van der Waals surface area contributed by atoms with E-state index in [-0.39, 0.29) is 23.9 Å². The number of benzene rings is 2. The molecule has 1 amide bonds. The van der Waals surface area contributed by atoms with Gasteiger partial charge in [0.05, 0.1) is 10.6 Å². The number of amides is 1. The molecule has 0 atom stereocenters. The number of carbonyl (C=O) groups excluding carboxylic acids is 1. The van der Waals surface area contributed by atoms with Gasteiger partial charge in [-0.05, 0) is 43.7 Å². The average molecular weight is 468 g/mol. The molecule has 0 saturated heterocycles. The number of rotatable bonds is 9. The second-order valence-corrected chi connectivity index (χ2v) is 10.0. The van der Waals surface area contributed by atoms with Gasteiger partial charge in [0, 0.05) is 29.6 Å². The van der Waals surface area contributed by atoms with Gasteiger partial charge in [-0.3, -0.25) is 10.1 Å². The number of thiazole rings is 1. The number of hydrogen-bond acceptors (Lipinski definition) is 5. The van der Waals surface area contributed by atoms with Crippen molar-refractivity contribution in [2.45, 2.75) is 18.7 Å². The van der Waals surface area contributed by atoms with Crippen LogP contribution in [0.3, 0.4) is 0 Å². The fourth-order valence-corrected chi connectivity index (χ4v) is 5.30. The van der Waals surface area contributed by atoms with E-state index in [1.54, 1.807) is 0 Å². The number of carbonyl (C=O) groups is 1. The van der Waals surface area contributed by atoms with E-state index in [0.717, 1.165) is 16.8 Å². The molecule has 3 aromatic rings. The molecule has 0 fully saturated rings. The summed E-state index contributed by atoms with van der Waals surface area (Å²) in [4.78, 5) is 17.3. The highest BCUT2D eigenvalue weighted by atomic mass is 32.2. The standard InChI is InChI=1S/C24H25N3O3S2/c1-5-13-27(14-6-2)32(29,30)20-10-8-19(9-11-20)23(28)26-24-25-22(16-31-24)21-12-7-17(3)15-18(21)4/h5-12,15-16H,1-2,13-14H2,3-4H3,(H,25,26,28). The summed E-state index contributed by atoms with van der Waals surface area (Å²) in [7, 11) is -3.71. The minimum absolute atomic E-state index is 0.101. The fourth-order valence-electron chi connectivity index (χ4n) is 3.21. The van der Waals surface area contributed by atoms with E-state index in [9.17, 15) is 13.2 Å². The first-order valence-electron chi connectivity index (χ1n) is 9.92.